The van der Waals surface area contributed by atoms with Gasteiger partial charge in [0.2, 0.25) is 5.91 Å². The summed E-state index contributed by atoms with van der Waals surface area (Å²) in [5, 5.41) is 2.83. The van der Waals surface area contributed by atoms with Gasteiger partial charge in [-0.25, -0.2) is 0 Å². The van der Waals surface area contributed by atoms with Gasteiger partial charge >= 0.3 is 0 Å². The van der Waals surface area contributed by atoms with Crippen LogP contribution >= 0.6 is 11.3 Å². The van der Waals surface area contributed by atoms with E-state index in [1.165, 1.54) is 15.3 Å². The number of ether oxygens (including phenoxy) is 1. The van der Waals surface area contributed by atoms with Crippen molar-refractivity contribution < 1.29 is 14.3 Å². The molecule has 2 saturated heterocycles. The van der Waals surface area contributed by atoms with Gasteiger partial charge in [0.25, 0.3) is 5.91 Å². The van der Waals surface area contributed by atoms with Crippen molar-refractivity contribution in [1.29, 1.82) is 0 Å². The number of piperidine rings is 1. The Morgan fingerprint density at radius 1 is 1.17 bits per heavy atom. The summed E-state index contributed by atoms with van der Waals surface area (Å²) in [5.74, 6) is -0.104. The molecule has 3 aliphatic heterocycles. The summed E-state index contributed by atoms with van der Waals surface area (Å²) in [6, 6.07) is 6.17. The van der Waals surface area contributed by atoms with Crippen molar-refractivity contribution in [1.82, 2.24) is 20.1 Å². The number of nitrogens with one attached hydrogen (secondary N) is 1. The number of nitrogens with zero attached hydrogens (tertiary/aromatic N) is 3. The van der Waals surface area contributed by atoms with E-state index in [9.17, 15) is 9.59 Å². The molecule has 5 rings (SSSR count). The van der Waals surface area contributed by atoms with Crippen LogP contribution in [0, 0.1) is 0 Å². The number of aryl methyl sites for hydroxylation is 1. The molecule has 2 fully saturated rings. The molecule has 8 heteroatoms. The van der Waals surface area contributed by atoms with Gasteiger partial charge in [0.1, 0.15) is 5.69 Å². The van der Waals surface area contributed by atoms with Crippen molar-refractivity contribution in [3.63, 3.8) is 0 Å². The van der Waals surface area contributed by atoms with Gasteiger partial charge in [-0.1, -0.05) is 13.0 Å². The lowest BCUT2D eigenvalue weighted by molar-refractivity contribution is -0.129. The van der Waals surface area contributed by atoms with Crippen LogP contribution in [0.3, 0.4) is 0 Å². The Labute approximate surface area is 211 Å². The zero-order valence-electron chi connectivity index (χ0n) is 20.7. The van der Waals surface area contributed by atoms with Crippen molar-refractivity contribution in [2.45, 2.75) is 64.0 Å². The van der Waals surface area contributed by atoms with Gasteiger partial charge in [-0.15, -0.1) is 11.3 Å². The van der Waals surface area contributed by atoms with Gasteiger partial charge in [-0.05, 0) is 55.4 Å². The second kappa shape index (κ2) is 10.8. The van der Waals surface area contributed by atoms with Crippen LogP contribution < -0.4 is 5.32 Å². The van der Waals surface area contributed by atoms with Crippen LogP contribution in [0.5, 0.6) is 0 Å². The van der Waals surface area contributed by atoms with Gasteiger partial charge in [0.15, 0.2) is 0 Å². The van der Waals surface area contributed by atoms with Gasteiger partial charge in [0, 0.05) is 68.1 Å². The number of hydrogen-bond donors (Lipinski definition) is 1. The standard InChI is InChI=1S/C27H36N4O3S/c1-2-21-17-22-24(35-21)8-16-34-27(22)9-14-30(15-10-27)19-20-5-6-23(29-18-20)26(33)28-11-7-25(32)31-12-3-4-13-31/h5-6,17-18H,2-4,7-16,19H2,1H3,(H,28,33). The molecule has 1 N–H and O–H groups in total. The minimum Gasteiger partial charge on any atom is -0.370 e. The summed E-state index contributed by atoms with van der Waals surface area (Å²) >= 11 is 1.97. The van der Waals surface area contributed by atoms with Gasteiger partial charge in [-0.2, -0.15) is 0 Å². The highest BCUT2D eigenvalue weighted by atomic mass is 32.1. The molecule has 0 saturated carbocycles. The number of rotatable bonds is 7. The van der Waals surface area contributed by atoms with E-state index in [2.05, 4.69) is 28.2 Å². The number of aromatic nitrogens is 1. The Morgan fingerprint density at radius 2 is 1.97 bits per heavy atom. The van der Waals surface area contributed by atoms with Crippen molar-refractivity contribution in [2.75, 3.05) is 39.3 Å². The zero-order chi connectivity index (χ0) is 24.3. The highest BCUT2D eigenvalue weighted by molar-refractivity contribution is 7.12. The monoisotopic (exact) mass is 496 g/mol. The zero-order valence-corrected chi connectivity index (χ0v) is 21.5. The van der Waals surface area contributed by atoms with Crippen molar-refractivity contribution >= 4 is 23.2 Å². The topological polar surface area (TPSA) is 74.8 Å². The Morgan fingerprint density at radius 3 is 2.69 bits per heavy atom. The number of thiophene rings is 1. The normalized spacial score (nSPS) is 19.6. The lowest BCUT2D eigenvalue weighted by Crippen LogP contribution is -2.45. The quantitative estimate of drug-likeness (QED) is 0.635. The third-order valence-corrected chi connectivity index (χ3v) is 8.96. The first-order chi connectivity index (χ1) is 17.1. The predicted octanol–water partition coefficient (Wildman–Crippen LogP) is 3.51. The molecule has 188 valence electrons. The fourth-order valence-corrected chi connectivity index (χ4v) is 6.72. The Bertz CT molecular complexity index is 1040. The third kappa shape index (κ3) is 5.44. The predicted molar refractivity (Wildman–Crippen MR) is 137 cm³/mol. The maximum absolute atomic E-state index is 12.4. The number of amides is 2. The minimum absolute atomic E-state index is 0.107. The molecule has 3 aliphatic rings. The lowest BCUT2D eigenvalue weighted by Gasteiger charge is -2.44. The SMILES string of the molecule is CCc1cc2c(s1)CCOC21CCN(Cc2ccc(C(=O)NCCC(=O)N3CCCC3)nc2)CC1. The Kier molecular flexibility index (Phi) is 7.51. The molecule has 1 spiro atoms. The highest BCUT2D eigenvalue weighted by Crippen LogP contribution is 2.44. The maximum Gasteiger partial charge on any atom is 0.269 e. The van der Waals surface area contributed by atoms with E-state index in [-0.39, 0.29) is 17.4 Å². The maximum atomic E-state index is 12.4. The van der Waals surface area contributed by atoms with E-state index in [4.69, 9.17) is 4.74 Å². The van der Waals surface area contributed by atoms with E-state index < -0.39 is 0 Å². The fourth-order valence-electron chi connectivity index (χ4n) is 5.54. The molecule has 0 radical (unpaired) electrons. The Hall–Kier alpha value is -2.29. The first kappa shape index (κ1) is 24.4. The van der Waals surface area contributed by atoms with Crippen LogP contribution in [-0.2, 0) is 34.5 Å². The van der Waals surface area contributed by atoms with Crippen LogP contribution in [0.2, 0.25) is 0 Å². The summed E-state index contributed by atoms with van der Waals surface area (Å²) in [5.41, 5.74) is 2.84. The summed E-state index contributed by atoms with van der Waals surface area (Å²) in [4.78, 5) is 36.3. The second-order valence-electron chi connectivity index (χ2n) is 9.92. The van der Waals surface area contributed by atoms with Crippen molar-refractivity contribution in [2.24, 2.45) is 0 Å². The van der Waals surface area contributed by atoms with E-state index in [1.54, 1.807) is 12.3 Å². The first-order valence-corrected chi connectivity index (χ1v) is 13.9. The van der Waals surface area contributed by atoms with Crippen LogP contribution in [0.4, 0.5) is 0 Å². The molecule has 0 atom stereocenters. The van der Waals surface area contributed by atoms with Gasteiger partial charge in [0.05, 0.1) is 12.2 Å². The molecule has 0 aliphatic carbocycles. The first-order valence-electron chi connectivity index (χ1n) is 13.1. The molecule has 0 aromatic carbocycles. The molecule has 5 heterocycles. The summed E-state index contributed by atoms with van der Waals surface area (Å²) < 4.78 is 6.41. The number of likely N-dealkylation sites (tertiary alicyclic amines) is 2. The smallest absolute Gasteiger partial charge is 0.269 e. The summed E-state index contributed by atoms with van der Waals surface area (Å²) in [7, 11) is 0. The molecule has 7 nitrogen and oxygen atoms in total. The number of fused-ring (bicyclic) bond motifs is 2. The summed E-state index contributed by atoms with van der Waals surface area (Å²) in [6.45, 7) is 7.90. The number of carbonyl (C=O) groups is 2. The average Bonchev–Trinajstić information content (AvgIpc) is 3.57. The largest absolute Gasteiger partial charge is 0.370 e. The lowest BCUT2D eigenvalue weighted by atomic mass is 9.82. The highest BCUT2D eigenvalue weighted by Gasteiger charge is 2.41. The van der Waals surface area contributed by atoms with Crippen molar-refractivity contribution in [3.8, 4) is 0 Å². The van der Waals surface area contributed by atoms with Gasteiger partial charge in [-0.3, -0.25) is 19.5 Å². The minimum atomic E-state index is -0.224. The van der Waals surface area contributed by atoms with Gasteiger partial charge < -0.3 is 15.0 Å². The Balaban J connectivity index is 1.10. The van der Waals surface area contributed by atoms with Crippen molar-refractivity contribution in [3.05, 3.63) is 51.0 Å². The molecule has 35 heavy (non-hydrogen) atoms. The van der Waals surface area contributed by atoms with E-state index in [0.29, 0.717) is 18.7 Å². The molecular weight excluding hydrogens is 460 g/mol. The molecule has 0 bridgehead atoms. The van der Waals surface area contributed by atoms with Crippen LogP contribution in [0.25, 0.3) is 0 Å². The molecule has 2 aromatic heterocycles. The fraction of sp³-hybridized carbons (Fsp3) is 0.593. The number of carbonyl (C=O) groups excluding carboxylic acids is 2. The molecule has 2 amide bonds. The van der Waals surface area contributed by atoms with Crippen LogP contribution in [0.1, 0.15) is 70.4 Å². The molecular formula is C27H36N4O3S. The number of pyridine rings is 1. The average molecular weight is 497 g/mol. The summed E-state index contributed by atoms with van der Waals surface area (Å²) in [6.07, 6.45) is 8.48. The molecule has 0 unspecified atom stereocenters. The second-order valence-corrected chi connectivity index (χ2v) is 11.1. The molecule has 2 aromatic rings. The van der Waals surface area contributed by atoms with E-state index in [0.717, 1.165) is 83.4 Å². The van der Waals surface area contributed by atoms with E-state index >= 15 is 0 Å². The third-order valence-electron chi connectivity index (χ3n) is 7.62. The van der Waals surface area contributed by atoms with Crippen LogP contribution in [-0.4, -0.2) is 65.9 Å². The van der Waals surface area contributed by atoms with Crippen LogP contribution in [0.15, 0.2) is 24.4 Å². The number of hydrogen-bond acceptors (Lipinski definition) is 6. The van der Waals surface area contributed by atoms with E-state index in [1.807, 2.05) is 22.3 Å².